The van der Waals surface area contributed by atoms with E-state index in [1.165, 1.54) is 128 Å². The first-order valence-corrected chi connectivity index (χ1v) is 31.6. The van der Waals surface area contributed by atoms with Gasteiger partial charge in [0.2, 0.25) is 5.91 Å². The Balaban J connectivity index is 1.20. The minimum Gasteiger partial charge on any atom is -0.497 e. The van der Waals surface area contributed by atoms with Gasteiger partial charge in [-0.2, -0.15) is 0 Å². The van der Waals surface area contributed by atoms with Crippen LogP contribution in [-0.2, 0) is 24.7 Å². The van der Waals surface area contributed by atoms with Gasteiger partial charge in [-0.3, -0.25) is 9.59 Å². The van der Waals surface area contributed by atoms with Crippen molar-refractivity contribution >= 4 is 11.9 Å². The Kier molecular flexibility index (Phi) is 36.2. The van der Waals surface area contributed by atoms with Crippen LogP contribution in [0, 0.1) is 0 Å². The number of carbonyl (C=O) groups excluding carboxylic acids is 2. The number of allylic oxidation sites excluding steroid dienone is 8. The van der Waals surface area contributed by atoms with E-state index in [-0.39, 0.29) is 37.2 Å². The predicted octanol–water partition coefficient (Wildman–Crippen LogP) is 18.6. The van der Waals surface area contributed by atoms with Crippen molar-refractivity contribution < 1.29 is 33.6 Å². The van der Waals surface area contributed by atoms with Crippen LogP contribution in [-0.4, -0.2) is 67.5 Å². The van der Waals surface area contributed by atoms with Gasteiger partial charge in [-0.25, -0.2) is 0 Å². The van der Waals surface area contributed by atoms with Gasteiger partial charge in [0.25, 0.3) is 0 Å². The molecule has 0 unspecified atom stereocenters. The molecule has 1 aliphatic heterocycles. The molecule has 1 amide bonds. The number of likely N-dealkylation sites (tertiary alicyclic amines) is 1. The summed E-state index contributed by atoms with van der Waals surface area (Å²) in [6.07, 6.45) is 53.8. The molecule has 0 aliphatic carbocycles. The molecular formula is C71H107NO7. The highest BCUT2D eigenvalue weighted by atomic mass is 16.5. The van der Waals surface area contributed by atoms with Crippen molar-refractivity contribution in [3.63, 3.8) is 0 Å². The molecule has 1 saturated heterocycles. The van der Waals surface area contributed by atoms with Crippen LogP contribution in [0.15, 0.2) is 127 Å². The molecule has 3 aromatic carbocycles. The van der Waals surface area contributed by atoms with Crippen molar-refractivity contribution in [2.45, 2.75) is 250 Å². The number of benzene rings is 3. The minimum atomic E-state index is -1.02. The highest BCUT2D eigenvalue weighted by Crippen LogP contribution is 2.42. The third kappa shape index (κ3) is 27.4. The van der Waals surface area contributed by atoms with Gasteiger partial charge in [-0.1, -0.05) is 207 Å². The summed E-state index contributed by atoms with van der Waals surface area (Å²) in [7, 11) is 3.31. The molecule has 2 atom stereocenters. The SMILES string of the molecule is CCCCC/C=C\C/C=C\CCCCCCCCC(CCCCCCCC/C=C\C/C=C\CCCCC)OC(=O)CCCCCCC(=O)N1C[C@H](O)C[C@H]1COC(c1ccccc1)(c1ccc(OC)cc1)c1ccc(OC)cc1. The molecule has 0 bridgehead atoms. The van der Waals surface area contributed by atoms with E-state index in [0.717, 1.165) is 92.4 Å². The molecule has 1 aliphatic rings. The highest BCUT2D eigenvalue weighted by Gasteiger charge is 2.41. The fourth-order valence-electron chi connectivity index (χ4n) is 10.9. The molecule has 79 heavy (non-hydrogen) atoms. The number of hydrogen-bond acceptors (Lipinski definition) is 7. The Bertz CT molecular complexity index is 2020. The molecule has 1 heterocycles. The topological polar surface area (TPSA) is 94.5 Å². The second kappa shape index (κ2) is 42.9. The molecule has 1 fully saturated rings. The molecule has 0 radical (unpaired) electrons. The van der Waals surface area contributed by atoms with E-state index in [2.05, 4.69) is 74.6 Å². The monoisotopic (exact) mass is 1090 g/mol. The quantitative estimate of drug-likeness (QED) is 0.0261. The maximum atomic E-state index is 13.9. The number of nitrogens with zero attached hydrogens (tertiary/aromatic N) is 1. The van der Waals surface area contributed by atoms with Gasteiger partial charge in [0.15, 0.2) is 0 Å². The summed E-state index contributed by atoms with van der Waals surface area (Å²) in [6, 6.07) is 25.7. The Hall–Kier alpha value is -4.92. The summed E-state index contributed by atoms with van der Waals surface area (Å²) < 4.78 is 24.4. The zero-order valence-corrected chi connectivity index (χ0v) is 49.9. The molecule has 0 spiro atoms. The van der Waals surface area contributed by atoms with Gasteiger partial charge < -0.3 is 29.0 Å². The summed E-state index contributed by atoms with van der Waals surface area (Å²) in [5.41, 5.74) is 1.76. The van der Waals surface area contributed by atoms with E-state index < -0.39 is 11.7 Å². The van der Waals surface area contributed by atoms with Gasteiger partial charge in [-0.05, 0) is 150 Å². The third-order valence-corrected chi connectivity index (χ3v) is 15.7. The number of aliphatic hydroxyl groups excluding tert-OH is 1. The van der Waals surface area contributed by atoms with Crippen LogP contribution >= 0.6 is 0 Å². The molecule has 0 aromatic heterocycles. The number of hydrogen-bond donors (Lipinski definition) is 1. The van der Waals surface area contributed by atoms with Crippen LogP contribution < -0.4 is 9.47 Å². The smallest absolute Gasteiger partial charge is 0.306 e. The minimum absolute atomic E-state index is 0.000196. The highest BCUT2D eigenvalue weighted by molar-refractivity contribution is 5.77. The van der Waals surface area contributed by atoms with E-state index in [9.17, 15) is 14.7 Å². The predicted molar refractivity (Wildman–Crippen MR) is 330 cm³/mol. The summed E-state index contributed by atoms with van der Waals surface area (Å²) in [4.78, 5) is 29.0. The first-order chi connectivity index (χ1) is 38.8. The maximum absolute atomic E-state index is 13.9. The van der Waals surface area contributed by atoms with Crippen LogP contribution in [0.1, 0.15) is 242 Å². The van der Waals surface area contributed by atoms with Gasteiger partial charge in [0.1, 0.15) is 23.2 Å². The number of β-amino-alcohol motifs (C(OH)–C–C–N with tert-alkyl or cyclic N) is 1. The maximum Gasteiger partial charge on any atom is 0.306 e. The molecule has 8 nitrogen and oxygen atoms in total. The average Bonchev–Trinajstić information content (AvgIpc) is 3.99. The lowest BCUT2D eigenvalue weighted by Crippen LogP contribution is -2.42. The summed E-state index contributed by atoms with van der Waals surface area (Å²) >= 11 is 0. The van der Waals surface area contributed by atoms with E-state index in [4.69, 9.17) is 18.9 Å². The van der Waals surface area contributed by atoms with E-state index in [0.29, 0.717) is 19.3 Å². The van der Waals surface area contributed by atoms with Gasteiger partial charge >= 0.3 is 5.97 Å². The van der Waals surface area contributed by atoms with Gasteiger partial charge in [-0.15, -0.1) is 0 Å². The number of unbranched alkanes of at least 4 members (excludes halogenated alkanes) is 21. The van der Waals surface area contributed by atoms with Crippen LogP contribution in [0.3, 0.4) is 0 Å². The Labute approximate surface area is 480 Å². The van der Waals surface area contributed by atoms with Crippen LogP contribution in [0.5, 0.6) is 11.5 Å². The van der Waals surface area contributed by atoms with Crippen molar-refractivity contribution in [2.75, 3.05) is 27.4 Å². The summed E-state index contributed by atoms with van der Waals surface area (Å²) in [5, 5.41) is 11.0. The lowest BCUT2D eigenvalue weighted by molar-refractivity contribution is -0.150. The molecular weight excluding hydrogens is 979 g/mol. The zero-order chi connectivity index (χ0) is 56.3. The zero-order valence-electron chi connectivity index (χ0n) is 49.9. The van der Waals surface area contributed by atoms with E-state index in [1.54, 1.807) is 14.2 Å². The Morgan fingerprint density at radius 1 is 0.532 bits per heavy atom. The molecule has 1 N–H and O–H groups in total. The fourth-order valence-corrected chi connectivity index (χ4v) is 10.9. The van der Waals surface area contributed by atoms with Crippen molar-refractivity contribution in [3.05, 3.63) is 144 Å². The second-order valence-corrected chi connectivity index (χ2v) is 22.2. The number of esters is 1. The number of amides is 1. The van der Waals surface area contributed by atoms with Crippen LogP contribution in [0.2, 0.25) is 0 Å². The Morgan fingerprint density at radius 2 is 0.949 bits per heavy atom. The summed E-state index contributed by atoms with van der Waals surface area (Å²) in [6.45, 7) is 5.02. The summed E-state index contributed by atoms with van der Waals surface area (Å²) in [5.74, 6) is 1.43. The van der Waals surface area contributed by atoms with Crippen LogP contribution in [0.4, 0.5) is 0 Å². The van der Waals surface area contributed by atoms with Crippen molar-refractivity contribution in [3.8, 4) is 11.5 Å². The first kappa shape index (κ1) is 66.6. The van der Waals surface area contributed by atoms with Crippen molar-refractivity contribution in [2.24, 2.45) is 0 Å². The van der Waals surface area contributed by atoms with Crippen molar-refractivity contribution in [1.82, 2.24) is 4.90 Å². The molecule has 0 saturated carbocycles. The average molecular weight is 1090 g/mol. The molecule has 438 valence electrons. The van der Waals surface area contributed by atoms with Crippen LogP contribution in [0.25, 0.3) is 0 Å². The molecule has 8 heteroatoms. The number of aliphatic hydroxyl groups is 1. The normalized spacial score (nSPS) is 15.0. The second-order valence-electron chi connectivity index (χ2n) is 22.2. The van der Waals surface area contributed by atoms with Gasteiger partial charge in [0, 0.05) is 19.4 Å². The largest absolute Gasteiger partial charge is 0.497 e. The van der Waals surface area contributed by atoms with Gasteiger partial charge in [0.05, 0.1) is 33.0 Å². The van der Waals surface area contributed by atoms with E-state index in [1.807, 2.05) is 71.6 Å². The third-order valence-electron chi connectivity index (χ3n) is 15.7. The number of carbonyl (C=O) groups is 2. The lowest BCUT2D eigenvalue weighted by Gasteiger charge is -2.38. The number of rotatable bonds is 46. The fraction of sp³-hybridized carbons (Fsp3) is 0.606. The standard InChI is InChI=1S/C71H107NO7/c1-5-7-9-11-13-15-17-19-21-23-25-27-29-31-33-40-46-68(47-41-34-32-30-28-26-24-22-20-18-16-14-12-10-8-6-2)79-70(75)49-43-36-35-42-48-69(74)72-59-65(73)58-64(72)60-78-71(61-44-38-37-39-45-61,62-50-54-66(76-3)55-51-62)63-52-56-67(77-4)57-53-63/h13-16,19-22,37-39,44-45,50-57,64-65,68,73H,5-12,17-18,23-36,40-43,46-49,58-60H2,1-4H3/b15-13-,16-14-,21-19-,22-20-/t64-,65+/m0/s1. The lowest BCUT2D eigenvalue weighted by atomic mass is 9.80. The molecule has 4 rings (SSSR count). The number of ether oxygens (including phenoxy) is 4. The molecule has 3 aromatic rings. The van der Waals surface area contributed by atoms with Crippen molar-refractivity contribution in [1.29, 1.82) is 0 Å². The first-order valence-electron chi connectivity index (χ1n) is 31.6. The van der Waals surface area contributed by atoms with E-state index >= 15 is 0 Å². The Morgan fingerprint density at radius 3 is 1.42 bits per heavy atom. The number of methoxy groups -OCH3 is 2.